The molecule has 1 fully saturated rings. The molecule has 1 unspecified atom stereocenters. The Bertz CT molecular complexity index is 344. The Morgan fingerprint density at radius 2 is 2.13 bits per heavy atom. The Balaban J connectivity index is 1.98. The molecule has 1 aliphatic rings. The molecule has 1 amide bonds. The van der Waals surface area contributed by atoms with Gasteiger partial charge in [0.1, 0.15) is 0 Å². The Morgan fingerprint density at radius 3 is 2.73 bits per heavy atom. The highest BCUT2D eigenvalue weighted by Crippen LogP contribution is 2.10. The number of rotatable bonds is 2. The predicted molar refractivity (Wildman–Crippen MR) is 60.2 cm³/mol. The largest absolute Gasteiger partial charge is 0.348 e. The van der Waals surface area contributed by atoms with E-state index in [-0.39, 0.29) is 11.9 Å². The lowest BCUT2D eigenvalue weighted by molar-refractivity contribution is 0.0940. The lowest BCUT2D eigenvalue weighted by atomic mass is 10.2. The van der Waals surface area contributed by atoms with E-state index in [1.165, 1.54) is 0 Å². The van der Waals surface area contributed by atoms with Gasteiger partial charge >= 0.3 is 0 Å². The zero-order valence-electron chi connectivity index (χ0n) is 8.29. The van der Waals surface area contributed by atoms with Crippen LogP contribution in [0.2, 0.25) is 5.02 Å². The molecular weight excluding hydrogens is 212 g/mol. The monoisotopic (exact) mass is 224 g/mol. The summed E-state index contributed by atoms with van der Waals surface area (Å²) in [5.41, 5.74) is 0.659. The van der Waals surface area contributed by atoms with Crippen LogP contribution in [0.4, 0.5) is 0 Å². The van der Waals surface area contributed by atoms with E-state index in [0.717, 1.165) is 19.5 Å². The second-order valence-electron chi connectivity index (χ2n) is 3.67. The van der Waals surface area contributed by atoms with E-state index in [1.807, 2.05) is 0 Å². The van der Waals surface area contributed by atoms with E-state index in [4.69, 9.17) is 11.6 Å². The average Bonchev–Trinajstić information content (AvgIpc) is 2.71. The van der Waals surface area contributed by atoms with Crippen LogP contribution in [0.15, 0.2) is 24.3 Å². The highest BCUT2D eigenvalue weighted by molar-refractivity contribution is 6.30. The fourth-order valence-corrected chi connectivity index (χ4v) is 1.77. The summed E-state index contributed by atoms with van der Waals surface area (Å²) < 4.78 is 0. The zero-order valence-corrected chi connectivity index (χ0v) is 9.05. The highest BCUT2D eigenvalue weighted by Gasteiger charge is 2.17. The van der Waals surface area contributed by atoms with Crippen molar-refractivity contribution in [2.45, 2.75) is 12.5 Å². The van der Waals surface area contributed by atoms with Gasteiger partial charge in [-0.15, -0.1) is 0 Å². The number of carbonyl (C=O) groups excluding carboxylic acids is 1. The molecule has 1 saturated heterocycles. The van der Waals surface area contributed by atoms with Crippen molar-refractivity contribution in [1.29, 1.82) is 0 Å². The van der Waals surface area contributed by atoms with Crippen molar-refractivity contribution in [1.82, 2.24) is 10.6 Å². The maximum atomic E-state index is 11.7. The zero-order chi connectivity index (χ0) is 10.7. The first-order valence-corrected chi connectivity index (χ1v) is 5.40. The molecule has 1 aliphatic heterocycles. The Labute approximate surface area is 93.8 Å². The molecule has 0 spiro atoms. The summed E-state index contributed by atoms with van der Waals surface area (Å²) in [6.45, 7) is 1.84. The number of benzene rings is 1. The Kier molecular flexibility index (Phi) is 3.23. The van der Waals surface area contributed by atoms with Crippen molar-refractivity contribution in [2.24, 2.45) is 0 Å². The van der Waals surface area contributed by atoms with Gasteiger partial charge in [-0.05, 0) is 37.2 Å². The van der Waals surface area contributed by atoms with E-state index >= 15 is 0 Å². The minimum Gasteiger partial charge on any atom is -0.348 e. The van der Waals surface area contributed by atoms with Crippen molar-refractivity contribution in [3.8, 4) is 0 Å². The smallest absolute Gasteiger partial charge is 0.251 e. The molecule has 0 aliphatic carbocycles. The summed E-state index contributed by atoms with van der Waals surface area (Å²) in [6, 6.07) is 7.18. The molecule has 1 aromatic rings. The van der Waals surface area contributed by atoms with Crippen LogP contribution in [0, 0.1) is 0 Å². The molecule has 0 saturated carbocycles. The third kappa shape index (κ3) is 2.70. The van der Waals surface area contributed by atoms with Gasteiger partial charge in [0.25, 0.3) is 5.91 Å². The summed E-state index contributed by atoms with van der Waals surface area (Å²) in [7, 11) is 0. The number of hydrogen-bond acceptors (Lipinski definition) is 2. The Morgan fingerprint density at radius 1 is 1.40 bits per heavy atom. The third-order valence-electron chi connectivity index (χ3n) is 2.50. The number of halogens is 1. The SMILES string of the molecule is O=C(NC1CCNC1)c1ccc(Cl)cc1. The van der Waals surface area contributed by atoms with E-state index in [0.29, 0.717) is 10.6 Å². The summed E-state index contributed by atoms with van der Waals surface area (Å²) in [5, 5.41) is 6.82. The van der Waals surface area contributed by atoms with Gasteiger partial charge in [0.05, 0.1) is 0 Å². The first-order chi connectivity index (χ1) is 7.25. The van der Waals surface area contributed by atoms with E-state index in [2.05, 4.69) is 10.6 Å². The van der Waals surface area contributed by atoms with E-state index in [1.54, 1.807) is 24.3 Å². The minimum atomic E-state index is -0.0274. The molecule has 1 aromatic carbocycles. The van der Waals surface area contributed by atoms with Gasteiger partial charge in [0.15, 0.2) is 0 Å². The van der Waals surface area contributed by atoms with Gasteiger partial charge in [-0.1, -0.05) is 11.6 Å². The minimum absolute atomic E-state index is 0.0274. The maximum absolute atomic E-state index is 11.7. The molecule has 0 radical (unpaired) electrons. The summed E-state index contributed by atoms with van der Waals surface area (Å²) in [4.78, 5) is 11.7. The number of carbonyl (C=O) groups is 1. The van der Waals surface area contributed by atoms with Crippen LogP contribution in [0.25, 0.3) is 0 Å². The Hall–Kier alpha value is -1.06. The first kappa shape index (κ1) is 10.5. The molecule has 2 N–H and O–H groups in total. The predicted octanol–water partition coefficient (Wildman–Crippen LogP) is 1.43. The fraction of sp³-hybridized carbons (Fsp3) is 0.364. The van der Waals surface area contributed by atoms with E-state index < -0.39 is 0 Å². The molecule has 0 bridgehead atoms. The fourth-order valence-electron chi connectivity index (χ4n) is 1.65. The molecule has 15 heavy (non-hydrogen) atoms. The van der Waals surface area contributed by atoms with Crippen LogP contribution in [0.5, 0.6) is 0 Å². The van der Waals surface area contributed by atoms with Crippen LogP contribution < -0.4 is 10.6 Å². The van der Waals surface area contributed by atoms with Crippen molar-refractivity contribution >= 4 is 17.5 Å². The normalized spacial score (nSPS) is 20.2. The maximum Gasteiger partial charge on any atom is 0.251 e. The second kappa shape index (κ2) is 4.64. The number of hydrogen-bond donors (Lipinski definition) is 2. The van der Waals surface area contributed by atoms with Crippen LogP contribution in [0.3, 0.4) is 0 Å². The number of amides is 1. The quantitative estimate of drug-likeness (QED) is 0.798. The molecule has 4 heteroatoms. The molecule has 3 nitrogen and oxygen atoms in total. The van der Waals surface area contributed by atoms with E-state index in [9.17, 15) is 4.79 Å². The summed E-state index contributed by atoms with van der Waals surface area (Å²) in [5.74, 6) is -0.0274. The van der Waals surface area contributed by atoms with Crippen molar-refractivity contribution in [2.75, 3.05) is 13.1 Å². The highest BCUT2D eigenvalue weighted by atomic mass is 35.5. The second-order valence-corrected chi connectivity index (χ2v) is 4.11. The molecule has 2 rings (SSSR count). The topological polar surface area (TPSA) is 41.1 Å². The van der Waals surface area contributed by atoms with Crippen molar-refractivity contribution < 1.29 is 4.79 Å². The van der Waals surface area contributed by atoms with Crippen LogP contribution in [-0.2, 0) is 0 Å². The third-order valence-corrected chi connectivity index (χ3v) is 2.75. The van der Waals surface area contributed by atoms with Gasteiger partial charge in [0.2, 0.25) is 0 Å². The van der Waals surface area contributed by atoms with Crippen molar-refractivity contribution in [3.05, 3.63) is 34.9 Å². The lowest BCUT2D eigenvalue weighted by Gasteiger charge is -2.10. The lowest BCUT2D eigenvalue weighted by Crippen LogP contribution is -2.36. The van der Waals surface area contributed by atoms with Gasteiger partial charge in [0, 0.05) is 23.2 Å². The van der Waals surface area contributed by atoms with Crippen LogP contribution >= 0.6 is 11.6 Å². The van der Waals surface area contributed by atoms with Gasteiger partial charge in [-0.2, -0.15) is 0 Å². The summed E-state index contributed by atoms with van der Waals surface area (Å²) in [6.07, 6.45) is 0.999. The van der Waals surface area contributed by atoms with Crippen LogP contribution in [-0.4, -0.2) is 25.0 Å². The average molecular weight is 225 g/mol. The molecule has 0 aromatic heterocycles. The van der Waals surface area contributed by atoms with Gasteiger partial charge in [-0.25, -0.2) is 0 Å². The van der Waals surface area contributed by atoms with Crippen molar-refractivity contribution in [3.63, 3.8) is 0 Å². The molecule has 1 atom stereocenters. The standard InChI is InChI=1S/C11H13ClN2O/c12-9-3-1-8(2-4-9)11(15)14-10-5-6-13-7-10/h1-4,10,13H,5-7H2,(H,14,15). The molecular formula is C11H13ClN2O. The molecule has 1 heterocycles. The van der Waals surface area contributed by atoms with Gasteiger partial charge in [-0.3, -0.25) is 4.79 Å². The summed E-state index contributed by atoms with van der Waals surface area (Å²) >= 11 is 5.74. The first-order valence-electron chi connectivity index (χ1n) is 5.03. The van der Waals surface area contributed by atoms with Gasteiger partial charge < -0.3 is 10.6 Å². The van der Waals surface area contributed by atoms with Crippen LogP contribution in [0.1, 0.15) is 16.8 Å². The number of nitrogens with one attached hydrogen (secondary N) is 2. The molecule has 80 valence electrons.